The number of rotatable bonds is 1. The van der Waals surface area contributed by atoms with E-state index in [-0.39, 0.29) is 11.3 Å². The Morgan fingerprint density at radius 3 is 2.67 bits per heavy atom. The summed E-state index contributed by atoms with van der Waals surface area (Å²) in [6, 6.07) is 7.85. The molecule has 0 unspecified atom stereocenters. The minimum absolute atomic E-state index is 0.159. The second-order valence-electron chi connectivity index (χ2n) is 4.41. The zero-order valence-electron chi connectivity index (χ0n) is 10.5. The maximum atomic E-state index is 12.8. The van der Waals surface area contributed by atoms with E-state index in [2.05, 4.69) is 15.2 Å². The Morgan fingerprint density at radius 2 is 1.90 bits per heavy atom. The first-order valence-electron chi connectivity index (χ1n) is 5.97. The summed E-state index contributed by atoms with van der Waals surface area (Å²) in [6.45, 7) is 0. The van der Waals surface area contributed by atoms with E-state index in [9.17, 15) is 18.0 Å². The molecule has 0 fully saturated rings. The van der Waals surface area contributed by atoms with E-state index in [0.29, 0.717) is 5.39 Å². The molecule has 0 saturated carbocycles. The van der Waals surface area contributed by atoms with E-state index in [1.54, 1.807) is 24.3 Å². The van der Waals surface area contributed by atoms with Gasteiger partial charge in [0, 0.05) is 22.5 Å². The van der Waals surface area contributed by atoms with E-state index >= 15 is 0 Å². The number of fused-ring (bicyclic) bond motifs is 1. The highest BCUT2D eigenvalue weighted by Crippen LogP contribution is 2.30. The van der Waals surface area contributed by atoms with Crippen LogP contribution in [0.2, 0.25) is 0 Å². The lowest BCUT2D eigenvalue weighted by Gasteiger charge is -2.08. The fourth-order valence-corrected chi connectivity index (χ4v) is 2.07. The van der Waals surface area contributed by atoms with Crippen LogP contribution >= 0.6 is 0 Å². The highest BCUT2D eigenvalue weighted by molar-refractivity contribution is 5.93. The molecule has 0 aliphatic heterocycles. The van der Waals surface area contributed by atoms with Crippen molar-refractivity contribution in [2.45, 2.75) is 6.18 Å². The summed E-state index contributed by atoms with van der Waals surface area (Å²) in [5.41, 5.74) is -1.99. The third kappa shape index (κ3) is 2.37. The third-order valence-corrected chi connectivity index (χ3v) is 3.05. The smallest absolute Gasteiger partial charge is 0.328 e. The van der Waals surface area contributed by atoms with Crippen molar-refractivity contribution < 1.29 is 13.2 Å². The van der Waals surface area contributed by atoms with Gasteiger partial charge in [0.25, 0.3) is 5.56 Å². The van der Waals surface area contributed by atoms with Crippen molar-refractivity contribution >= 4 is 10.8 Å². The zero-order chi connectivity index (χ0) is 15.0. The van der Waals surface area contributed by atoms with Gasteiger partial charge in [-0.1, -0.05) is 24.3 Å². The number of halogens is 3. The summed E-state index contributed by atoms with van der Waals surface area (Å²) in [5, 5.41) is 9.08. The molecule has 2 heterocycles. The van der Waals surface area contributed by atoms with Gasteiger partial charge in [-0.15, -0.1) is 5.10 Å². The zero-order valence-corrected chi connectivity index (χ0v) is 10.5. The number of H-pyrrole nitrogens is 1. The van der Waals surface area contributed by atoms with Crippen LogP contribution in [0.15, 0.2) is 47.5 Å². The monoisotopic (exact) mass is 291 g/mol. The van der Waals surface area contributed by atoms with Crippen molar-refractivity contribution in [1.29, 1.82) is 0 Å². The lowest BCUT2D eigenvalue weighted by atomic mass is 10.1. The molecule has 0 atom stereocenters. The van der Waals surface area contributed by atoms with E-state index in [1.807, 2.05) is 0 Å². The predicted molar refractivity (Wildman–Crippen MR) is 70.6 cm³/mol. The molecule has 1 N–H and O–H groups in total. The Bertz CT molecular complexity index is 866. The first-order valence-corrected chi connectivity index (χ1v) is 5.97. The van der Waals surface area contributed by atoms with Crippen molar-refractivity contribution in [3.8, 4) is 11.3 Å². The summed E-state index contributed by atoms with van der Waals surface area (Å²) in [7, 11) is 0. The molecule has 21 heavy (non-hydrogen) atoms. The van der Waals surface area contributed by atoms with Crippen molar-refractivity contribution in [2.75, 3.05) is 0 Å². The van der Waals surface area contributed by atoms with E-state index in [1.165, 1.54) is 12.4 Å². The van der Waals surface area contributed by atoms with Crippen LogP contribution in [0, 0.1) is 0 Å². The lowest BCUT2D eigenvalue weighted by molar-refractivity contribution is -0.138. The van der Waals surface area contributed by atoms with Gasteiger partial charge in [0.15, 0.2) is 0 Å². The second-order valence-corrected chi connectivity index (χ2v) is 4.41. The predicted octanol–water partition coefficient (Wildman–Crippen LogP) is 3.00. The number of alkyl halides is 3. The summed E-state index contributed by atoms with van der Waals surface area (Å²) < 4.78 is 38.4. The molecule has 0 amide bonds. The Hall–Kier alpha value is -2.70. The maximum Gasteiger partial charge on any atom is 0.421 e. The van der Waals surface area contributed by atoms with E-state index < -0.39 is 17.3 Å². The van der Waals surface area contributed by atoms with Crippen LogP contribution in [0.25, 0.3) is 22.0 Å². The summed E-state index contributed by atoms with van der Waals surface area (Å²) >= 11 is 0. The largest absolute Gasteiger partial charge is 0.421 e. The number of pyridine rings is 1. The quantitative estimate of drug-likeness (QED) is 0.749. The molecule has 0 spiro atoms. The number of aromatic nitrogens is 3. The molecule has 3 aromatic rings. The SMILES string of the molecule is O=c1[nH]cc(-c2nncc3ccccc23)cc1C(F)(F)F. The van der Waals surface area contributed by atoms with Gasteiger partial charge in [0.2, 0.25) is 0 Å². The average molecular weight is 291 g/mol. The van der Waals surface area contributed by atoms with Gasteiger partial charge in [-0.05, 0) is 6.07 Å². The molecular formula is C14H8F3N3O. The van der Waals surface area contributed by atoms with Crippen LogP contribution < -0.4 is 5.56 Å². The van der Waals surface area contributed by atoms with Crippen molar-refractivity contribution in [3.05, 3.63) is 58.6 Å². The Balaban J connectivity index is 2.27. The van der Waals surface area contributed by atoms with Crippen LogP contribution in [0.3, 0.4) is 0 Å². The van der Waals surface area contributed by atoms with Crippen molar-refractivity contribution in [2.24, 2.45) is 0 Å². The standard InChI is InChI=1S/C14H8F3N3O/c15-14(16,17)11-5-9(6-18-13(11)21)12-10-4-2-1-3-8(10)7-19-20-12/h1-7H,(H,18,21). The van der Waals surface area contributed by atoms with Gasteiger partial charge >= 0.3 is 6.18 Å². The van der Waals surface area contributed by atoms with Gasteiger partial charge in [-0.25, -0.2) is 0 Å². The van der Waals surface area contributed by atoms with Gasteiger partial charge in [0.1, 0.15) is 11.3 Å². The van der Waals surface area contributed by atoms with Crippen molar-refractivity contribution in [1.82, 2.24) is 15.2 Å². The first-order chi connectivity index (χ1) is 9.97. The molecule has 0 aliphatic rings. The van der Waals surface area contributed by atoms with Crippen LogP contribution in [0.5, 0.6) is 0 Å². The molecule has 7 heteroatoms. The second kappa shape index (κ2) is 4.69. The van der Waals surface area contributed by atoms with Crippen LogP contribution in [0.1, 0.15) is 5.56 Å². The molecular weight excluding hydrogens is 283 g/mol. The molecule has 3 rings (SSSR count). The first kappa shape index (κ1) is 13.3. The fraction of sp³-hybridized carbons (Fsp3) is 0.0714. The highest BCUT2D eigenvalue weighted by atomic mass is 19.4. The molecule has 0 radical (unpaired) electrons. The molecule has 4 nitrogen and oxygen atoms in total. The summed E-state index contributed by atoms with van der Waals surface area (Å²) in [4.78, 5) is 13.4. The molecule has 106 valence electrons. The number of nitrogens with one attached hydrogen (secondary N) is 1. The fourth-order valence-electron chi connectivity index (χ4n) is 2.07. The Labute approximate surface area is 116 Å². The van der Waals surface area contributed by atoms with Gasteiger partial charge in [-0.2, -0.15) is 18.3 Å². The van der Waals surface area contributed by atoms with Gasteiger partial charge < -0.3 is 4.98 Å². The summed E-state index contributed by atoms with van der Waals surface area (Å²) in [5.74, 6) is 0. The Kier molecular flexibility index (Phi) is 2.97. The molecule has 2 aromatic heterocycles. The summed E-state index contributed by atoms with van der Waals surface area (Å²) in [6.07, 6.45) is -2.00. The lowest BCUT2D eigenvalue weighted by Crippen LogP contribution is -2.21. The number of nitrogens with zero attached hydrogens (tertiary/aromatic N) is 2. The minimum atomic E-state index is -4.72. The van der Waals surface area contributed by atoms with Crippen LogP contribution in [0.4, 0.5) is 13.2 Å². The molecule has 0 aliphatic carbocycles. The average Bonchev–Trinajstić information content (AvgIpc) is 2.46. The molecule has 0 saturated heterocycles. The van der Waals surface area contributed by atoms with Crippen molar-refractivity contribution in [3.63, 3.8) is 0 Å². The number of benzene rings is 1. The number of hydrogen-bond donors (Lipinski definition) is 1. The molecule has 1 aromatic carbocycles. The minimum Gasteiger partial charge on any atom is -0.328 e. The Morgan fingerprint density at radius 1 is 1.14 bits per heavy atom. The highest BCUT2D eigenvalue weighted by Gasteiger charge is 2.34. The van der Waals surface area contributed by atoms with Crippen LogP contribution in [-0.2, 0) is 6.18 Å². The van der Waals surface area contributed by atoms with Gasteiger partial charge in [-0.3, -0.25) is 4.79 Å². The maximum absolute atomic E-state index is 12.8. The topological polar surface area (TPSA) is 58.6 Å². The van der Waals surface area contributed by atoms with Gasteiger partial charge in [0.05, 0.1) is 6.20 Å². The van der Waals surface area contributed by atoms with E-state index in [0.717, 1.165) is 11.5 Å². The molecule has 0 bridgehead atoms. The normalized spacial score (nSPS) is 11.8. The number of aromatic amines is 1. The van der Waals surface area contributed by atoms with Crippen LogP contribution in [-0.4, -0.2) is 15.2 Å². The number of hydrogen-bond acceptors (Lipinski definition) is 3. The third-order valence-electron chi connectivity index (χ3n) is 3.05. The van der Waals surface area contributed by atoms with E-state index in [4.69, 9.17) is 0 Å².